The number of anilines is 3. The molecule has 0 aliphatic rings. The summed E-state index contributed by atoms with van der Waals surface area (Å²) in [7, 11) is 0. The van der Waals surface area contributed by atoms with Crippen molar-refractivity contribution in [3.05, 3.63) is 77.1 Å². The predicted molar refractivity (Wildman–Crippen MR) is 101 cm³/mol. The monoisotopic (exact) mass is 386 g/mol. The number of nitrogens with zero attached hydrogens (tertiary/aromatic N) is 2. The SMILES string of the molecule is Cc1ccc(NC(=O)c2cnc(Nc3ccccc3C(F)(F)F)nc2)c(C)c1. The Morgan fingerprint density at radius 2 is 1.64 bits per heavy atom. The van der Waals surface area contributed by atoms with Gasteiger partial charge in [0.25, 0.3) is 5.91 Å². The van der Waals surface area contributed by atoms with Crippen molar-refractivity contribution in [1.82, 2.24) is 9.97 Å². The van der Waals surface area contributed by atoms with Crippen molar-refractivity contribution in [3.63, 3.8) is 0 Å². The van der Waals surface area contributed by atoms with Gasteiger partial charge in [0, 0.05) is 18.1 Å². The van der Waals surface area contributed by atoms with Crippen LogP contribution in [-0.4, -0.2) is 15.9 Å². The molecule has 1 aromatic heterocycles. The van der Waals surface area contributed by atoms with Gasteiger partial charge in [-0.3, -0.25) is 4.79 Å². The standard InChI is InChI=1S/C20H17F3N4O/c1-12-7-8-16(13(2)9-12)26-18(28)14-10-24-19(25-11-14)27-17-6-4-3-5-15(17)20(21,22)23/h3-11H,1-2H3,(H,26,28)(H,24,25,27). The number of hydrogen-bond donors (Lipinski definition) is 2. The topological polar surface area (TPSA) is 66.9 Å². The molecule has 0 unspecified atom stereocenters. The molecule has 0 aliphatic carbocycles. The van der Waals surface area contributed by atoms with Gasteiger partial charge in [-0.25, -0.2) is 9.97 Å². The number of carbonyl (C=O) groups excluding carboxylic acids is 1. The van der Waals surface area contributed by atoms with Crippen LogP contribution in [0.3, 0.4) is 0 Å². The van der Waals surface area contributed by atoms with E-state index in [1.807, 2.05) is 26.0 Å². The van der Waals surface area contributed by atoms with Crippen LogP contribution in [0.4, 0.5) is 30.5 Å². The van der Waals surface area contributed by atoms with Crippen LogP contribution in [-0.2, 0) is 6.18 Å². The average Bonchev–Trinajstić information content (AvgIpc) is 2.64. The second kappa shape index (κ2) is 7.67. The Morgan fingerprint density at radius 1 is 0.964 bits per heavy atom. The van der Waals surface area contributed by atoms with E-state index in [1.54, 1.807) is 6.07 Å². The number of halogens is 3. The third kappa shape index (κ3) is 4.46. The highest BCUT2D eigenvalue weighted by molar-refractivity contribution is 6.04. The number of para-hydroxylation sites is 1. The van der Waals surface area contributed by atoms with E-state index in [9.17, 15) is 18.0 Å². The third-order valence-corrected chi connectivity index (χ3v) is 4.02. The van der Waals surface area contributed by atoms with E-state index in [0.29, 0.717) is 5.69 Å². The van der Waals surface area contributed by atoms with Crippen LogP contribution in [0.25, 0.3) is 0 Å². The predicted octanol–water partition coefficient (Wildman–Crippen LogP) is 5.11. The van der Waals surface area contributed by atoms with Gasteiger partial charge in [0.15, 0.2) is 0 Å². The highest BCUT2D eigenvalue weighted by Gasteiger charge is 2.33. The summed E-state index contributed by atoms with van der Waals surface area (Å²) < 4.78 is 39.2. The molecule has 0 spiro atoms. The molecule has 0 bridgehead atoms. The van der Waals surface area contributed by atoms with Crippen LogP contribution in [0.1, 0.15) is 27.0 Å². The summed E-state index contributed by atoms with van der Waals surface area (Å²) >= 11 is 0. The normalized spacial score (nSPS) is 11.2. The van der Waals surface area contributed by atoms with Gasteiger partial charge in [-0.2, -0.15) is 13.2 Å². The van der Waals surface area contributed by atoms with E-state index in [2.05, 4.69) is 20.6 Å². The van der Waals surface area contributed by atoms with E-state index >= 15 is 0 Å². The number of hydrogen-bond acceptors (Lipinski definition) is 4. The zero-order chi connectivity index (χ0) is 20.3. The first-order valence-corrected chi connectivity index (χ1v) is 8.38. The fourth-order valence-electron chi connectivity index (χ4n) is 2.62. The maximum Gasteiger partial charge on any atom is 0.418 e. The van der Waals surface area contributed by atoms with Gasteiger partial charge in [-0.15, -0.1) is 0 Å². The second-order valence-electron chi connectivity index (χ2n) is 6.24. The summed E-state index contributed by atoms with van der Waals surface area (Å²) in [6.07, 6.45) is -2.00. The summed E-state index contributed by atoms with van der Waals surface area (Å²) in [6, 6.07) is 10.6. The molecule has 1 amide bonds. The van der Waals surface area contributed by atoms with Crippen LogP contribution in [0, 0.1) is 13.8 Å². The highest BCUT2D eigenvalue weighted by Crippen LogP contribution is 2.35. The number of nitrogens with one attached hydrogen (secondary N) is 2. The summed E-state index contributed by atoms with van der Waals surface area (Å²) in [6.45, 7) is 3.83. The summed E-state index contributed by atoms with van der Waals surface area (Å²) in [5, 5.41) is 5.30. The molecule has 8 heteroatoms. The largest absolute Gasteiger partial charge is 0.418 e. The van der Waals surface area contributed by atoms with E-state index in [4.69, 9.17) is 0 Å². The number of rotatable bonds is 4. The van der Waals surface area contributed by atoms with Gasteiger partial charge in [-0.1, -0.05) is 29.8 Å². The molecule has 0 fully saturated rings. The van der Waals surface area contributed by atoms with Crippen molar-refractivity contribution < 1.29 is 18.0 Å². The Kier molecular flexibility index (Phi) is 5.30. The van der Waals surface area contributed by atoms with Crippen molar-refractivity contribution in [1.29, 1.82) is 0 Å². The number of aromatic nitrogens is 2. The lowest BCUT2D eigenvalue weighted by Crippen LogP contribution is -2.14. The minimum atomic E-state index is -4.50. The first-order chi connectivity index (χ1) is 13.2. The van der Waals surface area contributed by atoms with Crippen LogP contribution in [0.15, 0.2) is 54.9 Å². The number of carbonyl (C=O) groups is 1. The number of amides is 1. The van der Waals surface area contributed by atoms with Crippen LogP contribution in [0.5, 0.6) is 0 Å². The van der Waals surface area contributed by atoms with E-state index in [1.165, 1.54) is 30.6 Å². The van der Waals surface area contributed by atoms with Gasteiger partial charge in [-0.05, 0) is 37.6 Å². The van der Waals surface area contributed by atoms with Crippen LogP contribution in [0.2, 0.25) is 0 Å². The summed E-state index contributed by atoms with van der Waals surface area (Å²) in [5.74, 6) is -0.450. The quantitative estimate of drug-likeness (QED) is 0.654. The minimum absolute atomic E-state index is 0.0419. The molecule has 3 aromatic rings. The summed E-state index contributed by atoms with van der Waals surface area (Å²) in [5.41, 5.74) is 1.86. The second-order valence-corrected chi connectivity index (χ2v) is 6.24. The highest BCUT2D eigenvalue weighted by atomic mass is 19.4. The van der Waals surface area contributed by atoms with Crippen molar-refractivity contribution in [2.75, 3.05) is 10.6 Å². The first-order valence-electron chi connectivity index (χ1n) is 8.38. The zero-order valence-electron chi connectivity index (χ0n) is 15.1. The summed E-state index contributed by atoms with van der Waals surface area (Å²) in [4.78, 5) is 20.2. The van der Waals surface area contributed by atoms with E-state index in [0.717, 1.165) is 17.2 Å². The molecule has 0 radical (unpaired) electrons. The maximum absolute atomic E-state index is 13.1. The minimum Gasteiger partial charge on any atom is -0.324 e. The Morgan fingerprint density at radius 3 is 2.29 bits per heavy atom. The first kappa shape index (κ1) is 19.3. The fraction of sp³-hybridized carbons (Fsp3) is 0.150. The lowest BCUT2D eigenvalue weighted by atomic mass is 10.1. The molecule has 3 rings (SSSR count). The Bertz CT molecular complexity index is 1000. The van der Waals surface area contributed by atoms with Crippen molar-refractivity contribution in [2.45, 2.75) is 20.0 Å². The lowest BCUT2D eigenvalue weighted by molar-refractivity contribution is -0.136. The fourth-order valence-corrected chi connectivity index (χ4v) is 2.62. The van der Waals surface area contributed by atoms with Crippen LogP contribution >= 0.6 is 0 Å². The number of alkyl halides is 3. The Balaban J connectivity index is 1.74. The molecule has 1 heterocycles. The molecular weight excluding hydrogens is 369 g/mol. The molecule has 0 saturated heterocycles. The molecule has 0 atom stereocenters. The van der Waals surface area contributed by atoms with Gasteiger partial charge >= 0.3 is 6.18 Å². The average molecular weight is 386 g/mol. The third-order valence-electron chi connectivity index (χ3n) is 4.02. The smallest absolute Gasteiger partial charge is 0.324 e. The Hall–Kier alpha value is -3.42. The molecule has 2 N–H and O–H groups in total. The molecular formula is C20H17F3N4O. The zero-order valence-corrected chi connectivity index (χ0v) is 15.1. The number of aryl methyl sites for hydroxylation is 2. The lowest BCUT2D eigenvalue weighted by Gasteiger charge is -2.13. The van der Waals surface area contributed by atoms with Gasteiger partial charge in [0.05, 0.1) is 16.8 Å². The van der Waals surface area contributed by atoms with Crippen LogP contribution < -0.4 is 10.6 Å². The number of benzene rings is 2. The van der Waals surface area contributed by atoms with E-state index < -0.39 is 17.6 Å². The molecule has 144 valence electrons. The van der Waals surface area contributed by atoms with Crippen molar-refractivity contribution in [3.8, 4) is 0 Å². The van der Waals surface area contributed by atoms with Crippen molar-refractivity contribution >= 4 is 23.2 Å². The van der Waals surface area contributed by atoms with Gasteiger partial charge in [0.1, 0.15) is 0 Å². The molecule has 2 aromatic carbocycles. The molecule has 0 saturated carbocycles. The Labute approximate surface area is 159 Å². The van der Waals surface area contributed by atoms with Crippen molar-refractivity contribution in [2.24, 2.45) is 0 Å². The van der Waals surface area contributed by atoms with Gasteiger partial charge < -0.3 is 10.6 Å². The molecule has 28 heavy (non-hydrogen) atoms. The van der Waals surface area contributed by atoms with E-state index in [-0.39, 0.29) is 17.2 Å². The molecule has 0 aliphatic heterocycles. The van der Waals surface area contributed by atoms with Gasteiger partial charge in [0.2, 0.25) is 5.95 Å². The maximum atomic E-state index is 13.1. The molecule has 5 nitrogen and oxygen atoms in total.